The summed E-state index contributed by atoms with van der Waals surface area (Å²) >= 11 is 1.34. The smallest absolute Gasteiger partial charge is 0.261 e. The Kier molecular flexibility index (Phi) is 5.97. The SMILES string of the molecule is O=C(CCn1cnc2ccccc2c1=O)Nc1ccccc1-c1csc(-c2ccccc2F)n1. The van der Waals surface area contributed by atoms with Gasteiger partial charge in [0.05, 0.1) is 28.6 Å². The molecule has 0 aliphatic rings. The van der Waals surface area contributed by atoms with E-state index in [4.69, 9.17) is 0 Å². The van der Waals surface area contributed by atoms with E-state index in [9.17, 15) is 14.0 Å². The highest BCUT2D eigenvalue weighted by Crippen LogP contribution is 2.33. The summed E-state index contributed by atoms with van der Waals surface area (Å²) in [5, 5.41) is 5.84. The zero-order chi connectivity index (χ0) is 23.5. The van der Waals surface area contributed by atoms with E-state index in [1.54, 1.807) is 42.5 Å². The number of anilines is 1. The van der Waals surface area contributed by atoms with Gasteiger partial charge in [0.15, 0.2) is 0 Å². The van der Waals surface area contributed by atoms with Gasteiger partial charge in [-0.1, -0.05) is 42.5 Å². The second kappa shape index (κ2) is 9.36. The molecule has 1 amide bonds. The lowest BCUT2D eigenvalue weighted by Crippen LogP contribution is -2.23. The summed E-state index contributed by atoms with van der Waals surface area (Å²) < 4.78 is 15.6. The molecule has 0 aliphatic heterocycles. The maximum Gasteiger partial charge on any atom is 0.261 e. The fourth-order valence-corrected chi connectivity index (χ4v) is 4.52. The van der Waals surface area contributed by atoms with Crippen molar-refractivity contribution in [3.05, 3.63) is 101 Å². The summed E-state index contributed by atoms with van der Waals surface area (Å²) in [6, 6.07) is 20.9. The Morgan fingerprint density at radius 3 is 2.56 bits per heavy atom. The number of para-hydroxylation sites is 2. The molecule has 6 nitrogen and oxygen atoms in total. The number of hydrogen-bond donors (Lipinski definition) is 1. The highest BCUT2D eigenvalue weighted by Gasteiger charge is 2.14. The van der Waals surface area contributed by atoms with Gasteiger partial charge >= 0.3 is 0 Å². The van der Waals surface area contributed by atoms with E-state index in [0.29, 0.717) is 32.9 Å². The van der Waals surface area contributed by atoms with Crippen LogP contribution in [0.3, 0.4) is 0 Å². The van der Waals surface area contributed by atoms with Crippen molar-refractivity contribution in [3.63, 3.8) is 0 Å². The van der Waals surface area contributed by atoms with Crippen LogP contribution in [0, 0.1) is 5.82 Å². The van der Waals surface area contributed by atoms with Crippen LogP contribution in [0.5, 0.6) is 0 Å². The number of halogens is 1. The van der Waals surface area contributed by atoms with Crippen molar-refractivity contribution in [2.75, 3.05) is 5.32 Å². The molecule has 0 aliphatic carbocycles. The molecule has 0 fully saturated rings. The van der Waals surface area contributed by atoms with Crippen LogP contribution in [0.25, 0.3) is 32.7 Å². The van der Waals surface area contributed by atoms with Crippen LogP contribution >= 0.6 is 11.3 Å². The van der Waals surface area contributed by atoms with Crippen LogP contribution in [-0.4, -0.2) is 20.4 Å². The maximum atomic E-state index is 14.2. The van der Waals surface area contributed by atoms with E-state index in [1.165, 1.54) is 28.3 Å². The van der Waals surface area contributed by atoms with Crippen molar-refractivity contribution < 1.29 is 9.18 Å². The number of rotatable bonds is 6. The van der Waals surface area contributed by atoms with E-state index in [2.05, 4.69) is 15.3 Å². The number of carbonyl (C=O) groups excluding carboxylic acids is 1. The molecule has 0 unspecified atom stereocenters. The minimum atomic E-state index is -0.330. The Balaban J connectivity index is 1.33. The van der Waals surface area contributed by atoms with Crippen molar-refractivity contribution in [3.8, 4) is 21.8 Å². The molecule has 2 heterocycles. The molecule has 5 aromatic rings. The van der Waals surface area contributed by atoms with Crippen molar-refractivity contribution in [1.29, 1.82) is 0 Å². The Hall–Kier alpha value is -4.17. The van der Waals surface area contributed by atoms with Gasteiger partial charge in [-0.3, -0.25) is 14.2 Å². The lowest BCUT2D eigenvalue weighted by molar-refractivity contribution is -0.116. The predicted octanol–water partition coefficient (Wildman–Crippen LogP) is 5.35. The Morgan fingerprint density at radius 1 is 0.971 bits per heavy atom. The average Bonchev–Trinajstić information content (AvgIpc) is 3.34. The van der Waals surface area contributed by atoms with E-state index in [-0.39, 0.29) is 30.2 Å². The van der Waals surface area contributed by atoms with Gasteiger partial charge in [-0.2, -0.15) is 0 Å². The maximum absolute atomic E-state index is 14.2. The fourth-order valence-electron chi connectivity index (χ4n) is 3.67. The number of aryl methyl sites for hydroxylation is 1. The van der Waals surface area contributed by atoms with Gasteiger partial charge in [0, 0.05) is 29.5 Å². The van der Waals surface area contributed by atoms with Crippen molar-refractivity contribution in [2.45, 2.75) is 13.0 Å². The van der Waals surface area contributed by atoms with Gasteiger partial charge in [-0.25, -0.2) is 14.4 Å². The molecule has 0 atom stereocenters. The lowest BCUT2D eigenvalue weighted by Gasteiger charge is -2.10. The van der Waals surface area contributed by atoms with Crippen LogP contribution < -0.4 is 10.9 Å². The molecule has 34 heavy (non-hydrogen) atoms. The molecule has 0 radical (unpaired) electrons. The first kappa shape index (κ1) is 21.7. The molecule has 2 aromatic heterocycles. The van der Waals surface area contributed by atoms with Crippen LogP contribution in [0.15, 0.2) is 89.3 Å². The largest absolute Gasteiger partial charge is 0.325 e. The zero-order valence-corrected chi connectivity index (χ0v) is 18.8. The van der Waals surface area contributed by atoms with Gasteiger partial charge in [0.25, 0.3) is 5.56 Å². The highest BCUT2D eigenvalue weighted by molar-refractivity contribution is 7.13. The van der Waals surface area contributed by atoms with Crippen LogP contribution in [0.1, 0.15) is 6.42 Å². The summed E-state index contributed by atoms with van der Waals surface area (Å²) in [4.78, 5) is 34.2. The number of carbonyl (C=O) groups is 1. The number of nitrogens with one attached hydrogen (secondary N) is 1. The van der Waals surface area contributed by atoms with E-state index < -0.39 is 0 Å². The quantitative estimate of drug-likeness (QED) is 0.363. The van der Waals surface area contributed by atoms with Crippen LogP contribution in [-0.2, 0) is 11.3 Å². The normalized spacial score (nSPS) is 11.0. The Morgan fingerprint density at radius 2 is 1.71 bits per heavy atom. The second-order valence-electron chi connectivity index (χ2n) is 7.62. The third-order valence-corrected chi connectivity index (χ3v) is 6.27. The Bertz CT molecular complexity index is 1560. The summed E-state index contributed by atoms with van der Waals surface area (Å²) in [5.41, 5.74) is 2.87. The van der Waals surface area contributed by atoms with Crippen molar-refractivity contribution >= 4 is 33.8 Å². The number of aromatic nitrogens is 3. The number of fused-ring (bicyclic) bond motifs is 1. The zero-order valence-electron chi connectivity index (χ0n) is 17.9. The molecule has 0 saturated heterocycles. The molecule has 5 rings (SSSR count). The molecule has 168 valence electrons. The molecule has 1 N–H and O–H groups in total. The van der Waals surface area contributed by atoms with Gasteiger partial charge in [0.2, 0.25) is 5.91 Å². The fraction of sp³-hybridized carbons (Fsp3) is 0.0769. The summed E-state index contributed by atoms with van der Waals surface area (Å²) in [5.74, 6) is -0.569. The van der Waals surface area contributed by atoms with E-state index in [0.717, 1.165) is 5.56 Å². The second-order valence-corrected chi connectivity index (χ2v) is 8.48. The van der Waals surface area contributed by atoms with Crippen LogP contribution in [0.4, 0.5) is 10.1 Å². The van der Waals surface area contributed by atoms with Crippen molar-refractivity contribution in [2.24, 2.45) is 0 Å². The topological polar surface area (TPSA) is 76.9 Å². The van der Waals surface area contributed by atoms with Crippen molar-refractivity contribution in [1.82, 2.24) is 14.5 Å². The average molecular weight is 471 g/mol. The third-order valence-electron chi connectivity index (χ3n) is 5.40. The Labute approximate surface area is 198 Å². The van der Waals surface area contributed by atoms with Crippen LogP contribution in [0.2, 0.25) is 0 Å². The number of benzene rings is 3. The molecular weight excluding hydrogens is 451 g/mol. The highest BCUT2D eigenvalue weighted by atomic mass is 32.1. The van der Waals surface area contributed by atoms with Gasteiger partial charge in [0.1, 0.15) is 10.8 Å². The molecular formula is C26H19FN4O2S. The first-order valence-corrected chi connectivity index (χ1v) is 11.5. The standard InChI is InChI=1S/C26H19FN4O2S/c27-20-10-4-1-7-17(20)25-30-23(15-34-25)18-8-2-6-12-22(18)29-24(32)13-14-31-16-28-21-11-5-3-9-19(21)26(31)33/h1-12,15-16H,13-14H2,(H,29,32). The minimum Gasteiger partial charge on any atom is -0.325 e. The van der Waals surface area contributed by atoms with Gasteiger partial charge < -0.3 is 5.32 Å². The number of amides is 1. The number of hydrogen-bond acceptors (Lipinski definition) is 5. The molecule has 3 aromatic carbocycles. The minimum absolute atomic E-state index is 0.103. The summed E-state index contributed by atoms with van der Waals surface area (Å²) in [7, 11) is 0. The molecule has 0 bridgehead atoms. The van der Waals surface area contributed by atoms with E-state index in [1.807, 2.05) is 29.6 Å². The molecule has 0 spiro atoms. The predicted molar refractivity (Wildman–Crippen MR) is 132 cm³/mol. The van der Waals surface area contributed by atoms with Gasteiger partial charge in [-0.05, 0) is 30.3 Å². The first-order chi connectivity index (χ1) is 16.6. The molecule has 0 saturated carbocycles. The van der Waals surface area contributed by atoms with Gasteiger partial charge in [-0.15, -0.1) is 11.3 Å². The first-order valence-electron chi connectivity index (χ1n) is 10.6. The van der Waals surface area contributed by atoms with E-state index >= 15 is 0 Å². The third kappa shape index (κ3) is 4.35. The molecule has 8 heteroatoms. The monoisotopic (exact) mass is 470 g/mol. The number of thiazole rings is 1. The summed E-state index contributed by atoms with van der Waals surface area (Å²) in [6.45, 7) is 0.207. The number of nitrogens with zero attached hydrogens (tertiary/aromatic N) is 3. The summed E-state index contributed by atoms with van der Waals surface area (Å²) in [6.07, 6.45) is 1.57. The lowest BCUT2D eigenvalue weighted by atomic mass is 10.1.